The number of likely N-dealkylation sites (tertiary alicyclic amines) is 1. The third-order valence-corrected chi connectivity index (χ3v) is 20.4. The van der Waals surface area contributed by atoms with Gasteiger partial charge in [0.1, 0.15) is 66.1 Å². The van der Waals surface area contributed by atoms with E-state index >= 15 is 9.59 Å². The van der Waals surface area contributed by atoms with E-state index in [9.17, 15) is 57.8 Å². The normalized spacial score (nSPS) is 16.1. The molecule has 17 N–H and O–H groups in total. The molecule has 7 rings (SSSR count). The van der Waals surface area contributed by atoms with Gasteiger partial charge in [-0.15, -0.1) is 0 Å². The fourth-order valence-electron chi connectivity index (χ4n) is 13.8. The molecule has 1 aliphatic carbocycles. The summed E-state index contributed by atoms with van der Waals surface area (Å²) in [5, 5.41) is 46.9. The van der Waals surface area contributed by atoms with Gasteiger partial charge in [-0.2, -0.15) is 0 Å². The Morgan fingerprint density at radius 1 is 0.535 bits per heavy atom. The van der Waals surface area contributed by atoms with Crippen LogP contribution in [0.1, 0.15) is 171 Å². The molecular formula is C82H114ClN17O14. The van der Waals surface area contributed by atoms with Crippen molar-refractivity contribution in [2.45, 2.75) is 236 Å². The predicted molar refractivity (Wildman–Crippen MR) is 430 cm³/mol. The number of hydrogen-bond acceptors (Lipinski definition) is 18. The maximum atomic E-state index is 15.2. The van der Waals surface area contributed by atoms with Crippen molar-refractivity contribution in [2.24, 2.45) is 17.4 Å². The first-order valence-electron chi connectivity index (χ1n) is 39.5. The summed E-state index contributed by atoms with van der Waals surface area (Å²) in [6, 6.07) is 14.5. The number of carbonyl (C=O) groups is 13. The van der Waals surface area contributed by atoms with E-state index in [1.165, 1.54) is 43.4 Å². The van der Waals surface area contributed by atoms with E-state index in [4.69, 9.17) is 23.1 Å². The quantitative estimate of drug-likeness (QED) is 0.0249. The molecule has 618 valence electrons. The first-order chi connectivity index (χ1) is 54.5. The average molecular weight is 1600 g/mol. The molecule has 3 aromatic carbocycles. The molecule has 0 radical (unpaired) electrons. The first-order valence-corrected chi connectivity index (χ1v) is 39.9. The first kappa shape index (κ1) is 90.7. The summed E-state index contributed by atoms with van der Waals surface area (Å²) in [6.45, 7) is 10.3. The second-order valence-corrected chi connectivity index (χ2v) is 30.7. The van der Waals surface area contributed by atoms with Gasteiger partial charge in [0.25, 0.3) is 5.91 Å². The molecule has 0 bridgehead atoms. The Morgan fingerprint density at radius 3 is 1.63 bits per heavy atom. The molecule has 2 aromatic heterocycles. The zero-order valence-corrected chi connectivity index (χ0v) is 66.8. The summed E-state index contributed by atoms with van der Waals surface area (Å²) in [4.78, 5) is 193. The molecule has 1 saturated carbocycles. The van der Waals surface area contributed by atoms with E-state index in [-0.39, 0.29) is 120 Å². The lowest BCUT2D eigenvalue weighted by Crippen LogP contribution is -2.61. The molecule has 32 heteroatoms. The highest BCUT2D eigenvalue weighted by molar-refractivity contribution is 6.30. The fourth-order valence-corrected chi connectivity index (χ4v) is 13.9. The Balaban J connectivity index is 1.15. The lowest BCUT2D eigenvalue weighted by atomic mass is 9.98. The summed E-state index contributed by atoms with van der Waals surface area (Å²) in [5.41, 5.74) is 12.7. The molecule has 31 nitrogen and oxygen atoms in total. The number of aliphatic hydroxyl groups is 1. The van der Waals surface area contributed by atoms with Gasteiger partial charge in [0.05, 0.1) is 12.1 Å². The number of hydrogen-bond donors (Lipinski definition) is 15. The van der Waals surface area contributed by atoms with Crippen molar-refractivity contribution in [3.63, 3.8) is 0 Å². The number of aromatic nitrogens is 2. The highest BCUT2D eigenvalue weighted by Gasteiger charge is 2.41. The Morgan fingerprint density at radius 2 is 1.05 bits per heavy atom. The summed E-state index contributed by atoms with van der Waals surface area (Å²) in [5.74, 6) is -9.65. The van der Waals surface area contributed by atoms with Crippen LogP contribution in [0, 0.1) is 5.92 Å². The lowest BCUT2D eigenvalue weighted by Gasteiger charge is -2.31. The van der Waals surface area contributed by atoms with Crippen molar-refractivity contribution in [1.82, 2.24) is 78.7 Å². The predicted octanol–water partition coefficient (Wildman–Crippen LogP) is 2.56. The molecule has 114 heavy (non-hydrogen) atoms. The zero-order valence-electron chi connectivity index (χ0n) is 66.0. The van der Waals surface area contributed by atoms with Crippen LogP contribution < -0.4 is 75.3 Å². The molecule has 2 aliphatic rings. The van der Waals surface area contributed by atoms with E-state index in [1.807, 2.05) is 70.2 Å². The number of aliphatic hydroxyl groups excluding tert-OH is 1. The van der Waals surface area contributed by atoms with Gasteiger partial charge in [0, 0.05) is 75.5 Å². The molecule has 10 atom stereocenters. The third kappa shape index (κ3) is 29.5. The minimum atomic E-state index is -1.83. The summed E-state index contributed by atoms with van der Waals surface area (Å²) in [7, 11) is 0. The Labute approximate surface area is 670 Å². The fraction of sp³-hybridized carbons (Fsp3) is 0.524. The van der Waals surface area contributed by atoms with Crippen LogP contribution in [0.3, 0.4) is 0 Å². The van der Waals surface area contributed by atoms with Gasteiger partial charge < -0.3 is 85.3 Å². The topological polar surface area (TPSA) is 468 Å². The van der Waals surface area contributed by atoms with E-state index in [0.29, 0.717) is 60.4 Å². The summed E-state index contributed by atoms with van der Waals surface area (Å²) < 4.78 is 0. The minimum Gasteiger partial charge on any atom is -0.394 e. The van der Waals surface area contributed by atoms with Gasteiger partial charge in [-0.05, 0) is 167 Å². The van der Waals surface area contributed by atoms with Crippen LogP contribution in [0.25, 0.3) is 10.8 Å². The van der Waals surface area contributed by atoms with Crippen LogP contribution in [0.4, 0.5) is 0 Å². The van der Waals surface area contributed by atoms with Gasteiger partial charge in [-0.1, -0.05) is 119 Å². The van der Waals surface area contributed by atoms with Gasteiger partial charge in [0.15, 0.2) is 0 Å². The molecule has 5 aromatic rings. The molecule has 0 unspecified atom stereocenters. The molecule has 2 fully saturated rings. The van der Waals surface area contributed by atoms with Gasteiger partial charge in [-0.25, -0.2) is 0 Å². The number of fused-ring (bicyclic) bond motifs is 1. The lowest BCUT2D eigenvalue weighted by molar-refractivity contribution is -0.142. The Kier molecular flexibility index (Phi) is 36.6. The van der Waals surface area contributed by atoms with Crippen molar-refractivity contribution >= 4 is 99.2 Å². The average Bonchev–Trinajstić information content (AvgIpc) is 1.29. The molecular weight excluding hydrogens is 1480 g/mol. The van der Waals surface area contributed by atoms with Crippen LogP contribution in [-0.4, -0.2) is 202 Å². The number of benzene rings is 3. The van der Waals surface area contributed by atoms with Gasteiger partial charge in [0.2, 0.25) is 70.9 Å². The number of halogens is 1. The SMILES string of the molecule is CC(=O)N[C@H](Cc1ccc2ccccc2c1)C(=O)N[C@H](Cc1ccc(Cl)cc1)C(=O)N[C@H](Cc1cccnc1)C(=O)N[C@@H](CO)C(=O)N[C@@H](CCCCNC(=O)C1(N)CCCC1)C(=O)N[C@H](CCCCNC(=O)c1ccccn1)C(=O)N[C@@H](CC(C)C)C(=O)N[C@@H](CCCCNC(C)C)C(=O)N1CCC[C@H]1C(=O)N[C@H](C)C(N)=O. The smallest absolute Gasteiger partial charge is 0.269 e. The summed E-state index contributed by atoms with van der Waals surface area (Å²) >= 11 is 6.27. The van der Waals surface area contributed by atoms with Crippen LogP contribution in [-0.2, 0) is 76.8 Å². The number of nitrogens with one attached hydrogen (secondary N) is 12. The van der Waals surface area contributed by atoms with E-state index in [1.54, 1.807) is 48.5 Å². The van der Waals surface area contributed by atoms with Crippen molar-refractivity contribution in [1.29, 1.82) is 0 Å². The zero-order chi connectivity index (χ0) is 82.9. The second-order valence-electron chi connectivity index (χ2n) is 30.3. The van der Waals surface area contributed by atoms with Gasteiger partial charge in [-0.3, -0.25) is 72.3 Å². The Hall–Kier alpha value is -10.5. The standard InChI is InChI=1S/C82H114ClN17O14/c1-50(2)43-64(74(107)95-63(27-12-15-38-87-51(3)4)80(113)100-42-20-28-69(100)79(112)91-52(5)70(84)103)96-73(106)62(25-10-17-40-89-71(104)60-24-9-16-39-88-60)93-72(105)61(26-11-18-41-90-81(114)82(85)35-13-14-36-82)94-78(111)68(49-101)99-77(110)67(47-56-21-19-37-86-48-56)98-76(109)66(45-54-30-33-59(83)34-31-54)97-75(108)65(92-53(6)102)46-55-29-32-57-22-7-8-23-58(57)44-55/h7-9,16,19,21-24,29-34,37,39,44,48,50-52,61-69,87,101H,10-15,17-18,20,25-28,35-36,38,40-43,45-47,49,85H2,1-6H3,(H2,84,103)(H,89,104)(H,90,114)(H,91,112)(H,92,102)(H,93,105)(H,94,111)(H,95,107)(H,96,106)(H,97,108)(H,98,109)(H,99,110)/t52-,61+,62-,63+,64+,65-,66-,67-,68+,69+/m1/s1. The van der Waals surface area contributed by atoms with Crippen molar-refractivity contribution in [3.8, 4) is 0 Å². The van der Waals surface area contributed by atoms with E-state index < -0.39 is 143 Å². The molecule has 1 saturated heterocycles. The maximum Gasteiger partial charge on any atom is 0.269 e. The Bertz CT molecular complexity index is 4060. The van der Waals surface area contributed by atoms with Gasteiger partial charge >= 0.3 is 0 Å². The van der Waals surface area contributed by atoms with E-state index in [2.05, 4.69) is 73.8 Å². The minimum absolute atomic E-state index is 0.0300. The molecule has 3 heterocycles. The van der Waals surface area contributed by atoms with Crippen molar-refractivity contribution < 1.29 is 67.4 Å². The highest BCUT2D eigenvalue weighted by Crippen LogP contribution is 2.28. The van der Waals surface area contributed by atoms with Crippen LogP contribution >= 0.6 is 11.6 Å². The monoisotopic (exact) mass is 1600 g/mol. The van der Waals surface area contributed by atoms with Crippen molar-refractivity contribution in [3.05, 3.63) is 143 Å². The third-order valence-electron chi connectivity index (χ3n) is 20.1. The molecule has 0 spiro atoms. The number of nitrogens with two attached hydrogens (primary N) is 2. The number of primary amides is 1. The number of pyridine rings is 2. The van der Waals surface area contributed by atoms with Crippen LogP contribution in [0.2, 0.25) is 5.02 Å². The number of rotatable bonds is 46. The number of carbonyl (C=O) groups excluding carboxylic acids is 13. The number of unbranched alkanes of at least 4 members (excludes halogenated alkanes) is 3. The van der Waals surface area contributed by atoms with E-state index in [0.717, 1.165) is 23.6 Å². The molecule has 13 amide bonds. The van der Waals surface area contributed by atoms with Crippen molar-refractivity contribution in [2.75, 3.05) is 32.8 Å². The van der Waals surface area contributed by atoms with Crippen LogP contribution in [0.15, 0.2) is 116 Å². The summed E-state index contributed by atoms with van der Waals surface area (Å²) in [6.07, 6.45) is 9.21. The number of amides is 13. The second kappa shape index (κ2) is 46.0. The maximum absolute atomic E-state index is 15.2. The highest BCUT2D eigenvalue weighted by atomic mass is 35.5. The number of nitrogens with zero attached hydrogens (tertiary/aromatic N) is 3. The molecule has 1 aliphatic heterocycles. The largest absolute Gasteiger partial charge is 0.394 e. The van der Waals surface area contributed by atoms with Crippen LogP contribution in [0.5, 0.6) is 0 Å².